The Bertz CT molecular complexity index is 768. The molecule has 1 aromatic rings. The van der Waals surface area contributed by atoms with Gasteiger partial charge in [-0.3, -0.25) is 19.4 Å². The third-order valence-corrected chi connectivity index (χ3v) is 5.82. The lowest BCUT2D eigenvalue weighted by molar-refractivity contribution is -0.136. The summed E-state index contributed by atoms with van der Waals surface area (Å²) >= 11 is 1.46. The van der Waals surface area contributed by atoms with Crippen molar-refractivity contribution in [2.24, 2.45) is 0 Å². The van der Waals surface area contributed by atoms with Crippen LogP contribution in [0, 0.1) is 0 Å². The van der Waals surface area contributed by atoms with Gasteiger partial charge in [0.05, 0.1) is 29.8 Å². The molecule has 3 rings (SSSR count). The van der Waals surface area contributed by atoms with Crippen molar-refractivity contribution in [2.45, 2.75) is 39.0 Å². The second-order valence-corrected chi connectivity index (χ2v) is 9.36. The fourth-order valence-corrected chi connectivity index (χ4v) is 4.40. The Morgan fingerprint density at radius 2 is 1.66 bits per heavy atom. The monoisotopic (exact) mass is 418 g/mol. The molecular formula is C22H30N2O4S. The van der Waals surface area contributed by atoms with E-state index in [0.29, 0.717) is 36.8 Å². The summed E-state index contributed by atoms with van der Waals surface area (Å²) in [5.74, 6) is 0.367. The van der Waals surface area contributed by atoms with Gasteiger partial charge in [0.1, 0.15) is 5.75 Å². The number of rotatable bonds is 8. The number of imide groups is 1. The Labute approximate surface area is 177 Å². The molecule has 1 fully saturated rings. The van der Waals surface area contributed by atoms with Crippen LogP contribution in [0.2, 0.25) is 0 Å². The Morgan fingerprint density at radius 1 is 1.00 bits per heavy atom. The van der Waals surface area contributed by atoms with E-state index in [9.17, 15) is 9.59 Å². The molecule has 29 heavy (non-hydrogen) atoms. The second-order valence-electron chi connectivity index (χ2n) is 7.78. The summed E-state index contributed by atoms with van der Waals surface area (Å²) < 4.78 is 11.1. The highest BCUT2D eigenvalue weighted by molar-refractivity contribution is 8.04. The van der Waals surface area contributed by atoms with Gasteiger partial charge in [0, 0.05) is 31.4 Å². The summed E-state index contributed by atoms with van der Waals surface area (Å²) in [7, 11) is 0. The average Bonchev–Trinajstić information content (AvgIpc) is 2.90. The van der Waals surface area contributed by atoms with Crippen LogP contribution in [0.1, 0.15) is 33.3 Å². The van der Waals surface area contributed by atoms with Crippen LogP contribution in [0.4, 0.5) is 0 Å². The smallest absolute Gasteiger partial charge is 0.268 e. The first-order valence-electron chi connectivity index (χ1n) is 10.2. The molecule has 1 aromatic carbocycles. The third-order valence-electron chi connectivity index (χ3n) is 4.74. The van der Waals surface area contributed by atoms with Gasteiger partial charge in [-0.15, -0.1) is 11.8 Å². The van der Waals surface area contributed by atoms with Crippen LogP contribution in [0.3, 0.4) is 0 Å². The molecule has 0 saturated carbocycles. The van der Waals surface area contributed by atoms with E-state index in [1.165, 1.54) is 16.7 Å². The van der Waals surface area contributed by atoms with Gasteiger partial charge in [-0.05, 0) is 31.5 Å². The molecule has 2 amide bonds. The molecular weight excluding hydrogens is 388 g/mol. The molecule has 2 aliphatic heterocycles. The highest BCUT2D eigenvalue weighted by atomic mass is 32.2. The van der Waals surface area contributed by atoms with E-state index < -0.39 is 0 Å². The Balaban J connectivity index is 1.80. The standard InChI is InChI=1S/C22H30N2O4S/c1-15(2)28-18-7-5-17(6-8-18)19-20(29-16(3)4)22(26)24(21(19)25)10-9-23-11-13-27-14-12-23/h5-8,15-16H,9-14H2,1-4H3. The molecule has 158 valence electrons. The predicted molar refractivity (Wildman–Crippen MR) is 116 cm³/mol. The molecule has 0 bridgehead atoms. The summed E-state index contributed by atoms with van der Waals surface area (Å²) in [4.78, 5) is 30.5. The van der Waals surface area contributed by atoms with E-state index in [-0.39, 0.29) is 23.2 Å². The number of carbonyl (C=O) groups excluding carboxylic acids is 2. The summed E-state index contributed by atoms with van der Waals surface area (Å²) in [6.45, 7) is 12.1. The van der Waals surface area contributed by atoms with E-state index >= 15 is 0 Å². The number of morpholine rings is 1. The zero-order valence-electron chi connectivity index (χ0n) is 17.6. The zero-order chi connectivity index (χ0) is 21.0. The van der Waals surface area contributed by atoms with Gasteiger partial charge in [0.25, 0.3) is 11.8 Å². The van der Waals surface area contributed by atoms with E-state index in [0.717, 1.165) is 24.4 Å². The van der Waals surface area contributed by atoms with Crippen LogP contribution < -0.4 is 4.74 Å². The van der Waals surface area contributed by atoms with Gasteiger partial charge >= 0.3 is 0 Å². The van der Waals surface area contributed by atoms with Crippen LogP contribution in [0.5, 0.6) is 5.75 Å². The maximum Gasteiger partial charge on any atom is 0.268 e. The van der Waals surface area contributed by atoms with Crippen molar-refractivity contribution in [3.8, 4) is 5.75 Å². The summed E-state index contributed by atoms with van der Waals surface area (Å²) in [6, 6.07) is 7.44. The molecule has 7 heteroatoms. The van der Waals surface area contributed by atoms with E-state index in [1.54, 1.807) is 0 Å². The molecule has 6 nitrogen and oxygen atoms in total. The molecule has 0 spiro atoms. The Morgan fingerprint density at radius 3 is 2.24 bits per heavy atom. The van der Waals surface area contributed by atoms with Crippen LogP contribution in [0.15, 0.2) is 29.2 Å². The maximum atomic E-state index is 13.2. The average molecular weight is 419 g/mol. The number of thioether (sulfide) groups is 1. The number of amides is 2. The molecule has 0 radical (unpaired) electrons. The van der Waals surface area contributed by atoms with Crippen LogP contribution >= 0.6 is 11.8 Å². The molecule has 0 atom stereocenters. The number of nitrogens with zero attached hydrogens (tertiary/aromatic N) is 2. The number of ether oxygens (including phenoxy) is 2. The lowest BCUT2D eigenvalue weighted by Crippen LogP contribution is -2.43. The third kappa shape index (κ3) is 5.41. The number of benzene rings is 1. The molecule has 0 aromatic heterocycles. The van der Waals surface area contributed by atoms with Gasteiger partial charge < -0.3 is 9.47 Å². The van der Waals surface area contributed by atoms with Gasteiger partial charge in [0.2, 0.25) is 0 Å². The lowest BCUT2D eigenvalue weighted by Gasteiger charge is -2.28. The van der Waals surface area contributed by atoms with Crippen molar-refractivity contribution >= 4 is 29.1 Å². The summed E-state index contributed by atoms with van der Waals surface area (Å²) in [5, 5.41) is 0.208. The molecule has 0 unspecified atom stereocenters. The molecule has 2 heterocycles. The van der Waals surface area contributed by atoms with Crippen LogP contribution in [0.25, 0.3) is 5.57 Å². The minimum atomic E-state index is -0.205. The fourth-order valence-electron chi connectivity index (χ4n) is 3.40. The molecule has 1 saturated heterocycles. The van der Waals surface area contributed by atoms with Crippen molar-refractivity contribution in [3.63, 3.8) is 0 Å². The quantitative estimate of drug-likeness (QED) is 0.605. The number of hydrogen-bond donors (Lipinski definition) is 0. The first-order valence-corrected chi connectivity index (χ1v) is 11.1. The van der Waals surface area contributed by atoms with Crippen molar-refractivity contribution in [3.05, 3.63) is 34.7 Å². The number of hydrogen-bond acceptors (Lipinski definition) is 6. The van der Waals surface area contributed by atoms with Gasteiger partial charge in [0.15, 0.2) is 0 Å². The largest absolute Gasteiger partial charge is 0.491 e. The predicted octanol–water partition coefficient (Wildman–Crippen LogP) is 3.03. The van der Waals surface area contributed by atoms with Crippen molar-refractivity contribution in [1.82, 2.24) is 9.80 Å². The van der Waals surface area contributed by atoms with Gasteiger partial charge in [-0.1, -0.05) is 26.0 Å². The SMILES string of the molecule is CC(C)Oc1ccc(C2=C(SC(C)C)C(=O)N(CCN3CCOCC3)C2=O)cc1. The van der Waals surface area contributed by atoms with Crippen molar-refractivity contribution in [2.75, 3.05) is 39.4 Å². The van der Waals surface area contributed by atoms with Gasteiger partial charge in [-0.2, -0.15) is 0 Å². The highest BCUT2D eigenvalue weighted by Crippen LogP contribution is 2.38. The lowest BCUT2D eigenvalue weighted by atomic mass is 10.1. The summed E-state index contributed by atoms with van der Waals surface area (Å²) in [6.07, 6.45) is 0.0810. The maximum absolute atomic E-state index is 13.2. The Hall–Kier alpha value is -1.83. The van der Waals surface area contributed by atoms with Gasteiger partial charge in [-0.25, -0.2) is 0 Å². The van der Waals surface area contributed by atoms with E-state index in [2.05, 4.69) is 4.90 Å². The minimum absolute atomic E-state index is 0.0810. The van der Waals surface area contributed by atoms with Crippen LogP contribution in [-0.2, 0) is 14.3 Å². The highest BCUT2D eigenvalue weighted by Gasteiger charge is 2.39. The topological polar surface area (TPSA) is 59.1 Å². The first-order chi connectivity index (χ1) is 13.9. The molecule has 2 aliphatic rings. The van der Waals surface area contributed by atoms with Crippen LogP contribution in [-0.4, -0.2) is 72.4 Å². The minimum Gasteiger partial charge on any atom is -0.491 e. The van der Waals surface area contributed by atoms with E-state index in [4.69, 9.17) is 9.47 Å². The van der Waals surface area contributed by atoms with Crippen molar-refractivity contribution < 1.29 is 19.1 Å². The van der Waals surface area contributed by atoms with Crippen molar-refractivity contribution in [1.29, 1.82) is 0 Å². The summed E-state index contributed by atoms with van der Waals surface area (Å²) in [5.41, 5.74) is 1.27. The Kier molecular flexibility index (Phi) is 7.38. The number of carbonyl (C=O) groups is 2. The second kappa shape index (κ2) is 9.78. The molecule has 0 aliphatic carbocycles. The fraction of sp³-hybridized carbons (Fsp3) is 0.545. The molecule has 0 N–H and O–H groups in total. The first kappa shape index (κ1) is 21.9. The van der Waals surface area contributed by atoms with E-state index in [1.807, 2.05) is 52.0 Å². The normalized spacial score (nSPS) is 18.5. The zero-order valence-corrected chi connectivity index (χ0v) is 18.5.